The molecular weight excluding hydrogens is 304 g/mol. The van der Waals surface area contributed by atoms with Gasteiger partial charge in [0, 0.05) is 25.2 Å². The lowest BCUT2D eigenvalue weighted by Gasteiger charge is -2.36. The van der Waals surface area contributed by atoms with Crippen molar-refractivity contribution in [2.45, 2.75) is 38.3 Å². The predicted octanol–water partition coefficient (Wildman–Crippen LogP) is 2.14. The third kappa shape index (κ3) is 3.78. The van der Waals surface area contributed by atoms with Crippen LogP contribution in [0.2, 0.25) is 0 Å². The fourth-order valence-electron chi connectivity index (χ4n) is 3.58. The second-order valence-corrected chi connectivity index (χ2v) is 6.88. The van der Waals surface area contributed by atoms with Crippen molar-refractivity contribution in [3.8, 4) is 0 Å². The van der Waals surface area contributed by atoms with Gasteiger partial charge in [0.2, 0.25) is 5.91 Å². The van der Waals surface area contributed by atoms with Crippen LogP contribution in [-0.2, 0) is 14.3 Å². The summed E-state index contributed by atoms with van der Waals surface area (Å²) in [6.45, 7) is 4.19. The smallest absolute Gasteiger partial charge is 0.309 e. The van der Waals surface area contributed by atoms with Gasteiger partial charge in [0.1, 0.15) is 0 Å². The van der Waals surface area contributed by atoms with Crippen LogP contribution in [0.1, 0.15) is 37.8 Å². The molecule has 1 aromatic carbocycles. The molecule has 0 bridgehead atoms. The Kier molecular flexibility index (Phi) is 5.19. The summed E-state index contributed by atoms with van der Waals surface area (Å²) in [7, 11) is 1.37. The summed E-state index contributed by atoms with van der Waals surface area (Å²) < 4.78 is 4.70. The molecule has 3 atom stereocenters. The topological polar surface area (TPSA) is 58.6 Å². The average Bonchev–Trinajstić information content (AvgIpc) is 3.43. The lowest BCUT2D eigenvalue weighted by atomic mass is 10.00. The third-order valence-electron chi connectivity index (χ3n) is 5.34. The normalized spacial score (nSPS) is 25.8. The van der Waals surface area contributed by atoms with Gasteiger partial charge in [-0.3, -0.25) is 14.5 Å². The van der Waals surface area contributed by atoms with Crippen LogP contribution in [0.3, 0.4) is 0 Å². The summed E-state index contributed by atoms with van der Waals surface area (Å²) in [6.07, 6.45) is 2.54. The highest BCUT2D eigenvalue weighted by Crippen LogP contribution is 2.39. The minimum Gasteiger partial charge on any atom is -0.469 e. The zero-order valence-corrected chi connectivity index (χ0v) is 14.4. The quantitative estimate of drug-likeness (QED) is 0.841. The zero-order chi connectivity index (χ0) is 17.1. The second kappa shape index (κ2) is 7.34. The minimum absolute atomic E-state index is 0.0138. The SMILES string of the molecule is COC(=O)[C@@H]1C[C@H]1C(=O)NC1CCN([C@@H](C)c2ccccc2)CC1. The Balaban J connectivity index is 1.44. The predicted molar refractivity (Wildman–Crippen MR) is 91.2 cm³/mol. The molecule has 1 aromatic rings. The van der Waals surface area contributed by atoms with E-state index in [0.29, 0.717) is 12.5 Å². The molecule has 1 N–H and O–H groups in total. The van der Waals surface area contributed by atoms with Crippen LogP contribution >= 0.6 is 0 Å². The Morgan fingerprint density at radius 3 is 2.46 bits per heavy atom. The Bertz CT molecular complexity index is 582. The number of benzene rings is 1. The largest absolute Gasteiger partial charge is 0.469 e. The number of carbonyl (C=O) groups excluding carboxylic acids is 2. The molecule has 3 rings (SSSR count). The first-order valence-electron chi connectivity index (χ1n) is 8.77. The molecule has 0 unspecified atom stereocenters. The summed E-state index contributed by atoms with van der Waals surface area (Å²) in [4.78, 5) is 26.1. The molecule has 1 amide bonds. The van der Waals surface area contributed by atoms with Gasteiger partial charge in [0.25, 0.3) is 0 Å². The van der Waals surface area contributed by atoms with E-state index in [-0.39, 0.29) is 29.8 Å². The highest BCUT2D eigenvalue weighted by Gasteiger charge is 2.49. The van der Waals surface area contributed by atoms with E-state index in [0.717, 1.165) is 25.9 Å². The highest BCUT2D eigenvalue weighted by molar-refractivity contribution is 5.90. The molecule has 5 nitrogen and oxygen atoms in total. The van der Waals surface area contributed by atoms with Crippen LogP contribution in [0, 0.1) is 11.8 Å². The van der Waals surface area contributed by atoms with Crippen LogP contribution in [-0.4, -0.2) is 43.0 Å². The van der Waals surface area contributed by atoms with Crippen molar-refractivity contribution in [3.05, 3.63) is 35.9 Å². The monoisotopic (exact) mass is 330 g/mol. The van der Waals surface area contributed by atoms with Gasteiger partial charge in [0.05, 0.1) is 18.9 Å². The molecule has 0 aromatic heterocycles. The molecule has 5 heteroatoms. The molecule has 0 radical (unpaired) electrons. The zero-order valence-electron chi connectivity index (χ0n) is 14.4. The maximum atomic E-state index is 12.2. The van der Waals surface area contributed by atoms with Gasteiger partial charge in [-0.1, -0.05) is 30.3 Å². The van der Waals surface area contributed by atoms with Crippen LogP contribution in [0.5, 0.6) is 0 Å². The summed E-state index contributed by atoms with van der Waals surface area (Å²) in [5.41, 5.74) is 1.33. The van der Waals surface area contributed by atoms with Gasteiger partial charge in [-0.15, -0.1) is 0 Å². The van der Waals surface area contributed by atoms with Crippen LogP contribution < -0.4 is 5.32 Å². The van der Waals surface area contributed by atoms with E-state index in [1.54, 1.807) is 0 Å². The second-order valence-electron chi connectivity index (χ2n) is 6.88. The van der Waals surface area contributed by atoms with Crippen molar-refractivity contribution in [3.63, 3.8) is 0 Å². The first-order valence-corrected chi connectivity index (χ1v) is 8.77. The van der Waals surface area contributed by atoms with Crippen molar-refractivity contribution < 1.29 is 14.3 Å². The Morgan fingerprint density at radius 1 is 1.17 bits per heavy atom. The van der Waals surface area contributed by atoms with Gasteiger partial charge in [-0.25, -0.2) is 0 Å². The van der Waals surface area contributed by atoms with Crippen molar-refractivity contribution in [2.75, 3.05) is 20.2 Å². The fourth-order valence-corrected chi connectivity index (χ4v) is 3.58. The van der Waals surface area contributed by atoms with E-state index in [4.69, 9.17) is 4.74 Å². The number of amides is 1. The molecule has 24 heavy (non-hydrogen) atoms. The number of carbonyl (C=O) groups is 2. The van der Waals surface area contributed by atoms with Crippen molar-refractivity contribution in [1.29, 1.82) is 0 Å². The van der Waals surface area contributed by atoms with E-state index in [1.165, 1.54) is 12.7 Å². The fraction of sp³-hybridized carbons (Fsp3) is 0.579. The van der Waals surface area contributed by atoms with Gasteiger partial charge < -0.3 is 10.1 Å². The van der Waals surface area contributed by atoms with Gasteiger partial charge in [-0.05, 0) is 31.7 Å². The number of esters is 1. The summed E-state index contributed by atoms with van der Waals surface area (Å²) in [5.74, 6) is -0.659. The molecule has 1 saturated heterocycles. The number of hydrogen-bond donors (Lipinski definition) is 1. The maximum Gasteiger partial charge on any atom is 0.309 e. The minimum atomic E-state index is -0.262. The van der Waals surface area contributed by atoms with Crippen LogP contribution in [0.15, 0.2) is 30.3 Å². The number of likely N-dealkylation sites (tertiary alicyclic amines) is 1. The summed E-state index contributed by atoms with van der Waals surface area (Å²) >= 11 is 0. The Labute approximate surface area is 143 Å². The number of ether oxygens (including phenoxy) is 1. The maximum absolute atomic E-state index is 12.2. The highest BCUT2D eigenvalue weighted by atomic mass is 16.5. The number of methoxy groups -OCH3 is 1. The molecule has 1 aliphatic heterocycles. The summed E-state index contributed by atoms with van der Waals surface area (Å²) in [6, 6.07) is 11.1. The average molecular weight is 330 g/mol. The number of nitrogens with zero attached hydrogens (tertiary/aromatic N) is 1. The number of rotatable bonds is 5. The molecular formula is C19H26N2O3. The van der Waals surface area contributed by atoms with Crippen molar-refractivity contribution in [2.24, 2.45) is 11.8 Å². The van der Waals surface area contributed by atoms with Crippen molar-refractivity contribution >= 4 is 11.9 Å². The van der Waals surface area contributed by atoms with Gasteiger partial charge in [-0.2, -0.15) is 0 Å². The van der Waals surface area contributed by atoms with E-state index in [1.807, 2.05) is 6.07 Å². The molecule has 1 heterocycles. The first-order chi connectivity index (χ1) is 11.6. The Hall–Kier alpha value is -1.88. The van der Waals surface area contributed by atoms with E-state index >= 15 is 0 Å². The Morgan fingerprint density at radius 2 is 1.83 bits per heavy atom. The summed E-state index contributed by atoms with van der Waals surface area (Å²) in [5, 5.41) is 3.12. The first kappa shape index (κ1) is 17.0. The standard InChI is InChI=1S/C19H26N2O3/c1-13(14-6-4-3-5-7-14)21-10-8-15(9-11-21)20-18(22)16-12-17(16)19(23)24-2/h3-7,13,15-17H,8-12H2,1-2H3,(H,20,22)/t13-,16+,17+/m0/s1. The molecule has 130 valence electrons. The van der Waals surface area contributed by atoms with E-state index in [9.17, 15) is 9.59 Å². The number of piperidine rings is 1. The lowest BCUT2D eigenvalue weighted by molar-refractivity contribution is -0.143. The van der Waals surface area contributed by atoms with Crippen molar-refractivity contribution in [1.82, 2.24) is 10.2 Å². The van der Waals surface area contributed by atoms with E-state index in [2.05, 4.69) is 41.4 Å². The van der Waals surface area contributed by atoms with Crippen LogP contribution in [0.4, 0.5) is 0 Å². The van der Waals surface area contributed by atoms with Gasteiger partial charge in [0.15, 0.2) is 0 Å². The lowest BCUT2D eigenvalue weighted by Crippen LogP contribution is -2.45. The third-order valence-corrected chi connectivity index (χ3v) is 5.34. The molecule has 2 aliphatic rings. The molecule has 1 aliphatic carbocycles. The molecule has 0 spiro atoms. The van der Waals surface area contributed by atoms with Crippen LogP contribution in [0.25, 0.3) is 0 Å². The number of nitrogens with one attached hydrogen (secondary N) is 1. The molecule has 2 fully saturated rings. The molecule has 1 saturated carbocycles. The number of hydrogen-bond acceptors (Lipinski definition) is 4. The van der Waals surface area contributed by atoms with E-state index < -0.39 is 0 Å². The van der Waals surface area contributed by atoms with Gasteiger partial charge >= 0.3 is 5.97 Å².